The maximum absolute atomic E-state index is 13.2. The predicted octanol–water partition coefficient (Wildman–Crippen LogP) is 1.66. The molecule has 0 aliphatic carbocycles. The first-order chi connectivity index (χ1) is 8.08. The molecule has 5 N–H and O–H groups in total. The molecule has 1 unspecified atom stereocenters. The topological polar surface area (TPSA) is 81.1 Å². The fourth-order valence-corrected chi connectivity index (χ4v) is 2.52. The van der Waals surface area contributed by atoms with E-state index in [1.54, 1.807) is 6.07 Å². The second kappa shape index (κ2) is 6.46. The number of nitrogens with two attached hydrogens (primary N) is 2. The summed E-state index contributed by atoms with van der Waals surface area (Å²) in [5.41, 5.74) is 7.60. The highest BCUT2D eigenvalue weighted by molar-refractivity contribution is 8.00. The molecule has 17 heavy (non-hydrogen) atoms. The molecule has 0 heterocycles. The number of nitrogen functional groups attached to an aromatic ring is 1. The molecule has 1 amide bonds. The molecule has 0 radical (unpaired) electrons. The lowest BCUT2D eigenvalue weighted by atomic mass is 10.2. The highest BCUT2D eigenvalue weighted by Gasteiger charge is 2.18. The molecule has 0 bridgehead atoms. The molecule has 0 fully saturated rings. The Morgan fingerprint density at radius 3 is 2.82 bits per heavy atom. The number of hydrogen-bond acceptors (Lipinski definition) is 4. The summed E-state index contributed by atoms with van der Waals surface area (Å²) in [4.78, 5) is 12.1. The van der Waals surface area contributed by atoms with Gasteiger partial charge >= 0.3 is 0 Å². The van der Waals surface area contributed by atoms with Gasteiger partial charge in [0.05, 0.1) is 10.9 Å². The molecule has 0 saturated carbocycles. The number of benzene rings is 1. The molecule has 94 valence electrons. The molecule has 0 saturated heterocycles. The summed E-state index contributed by atoms with van der Waals surface area (Å²) in [7, 11) is 0. The van der Waals surface area contributed by atoms with Gasteiger partial charge in [-0.05, 0) is 24.6 Å². The number of amides is 1. The van der Waals surface area contributed by atoms with Gasteiger partial charge in [0.25, 0.3) is 0 Å². The van der Waals surface area contributed by atoms with E-state index >= 15 is 0 Å². The van der Waals surface area contributed by atoms with E-state index in [4.69, 9.17) is 11.6 Å². The van der Waals surface area contributed by atoms with E-state index in [0.29, 0.717) is 11.3 Å². The minimum Gasteiger partial charge on any atom is -0.396 e. The molecule has 1 atom stereocenters. The maximum atomic E-state index is 13.2. The summed E-state index contributed by atoms with van der Waals surface area (Å²) in [6.07, 6.45) is 1.53. The molecular weight excluding hydrogens is 241 g/mol. The molecule has 0 spiro atoms. The van der Waals surface area contributed by atoms with Gasteiger partial charge < -0.3 is 5.73 Å². The first kappa shape index (κ1) is 13.8. The Kier molecular flexibility index (Phi) is 5.24. The maximum Gasteiger partial charge on any atom is 0.247 e. The van der Waals surface area contributed by atoms with Crippen molar-refractivity contribution in [2.45, 2.75) is 29.9 Å². The van der Waals surface area contributed by atoms with Crippen molar-refractivity contribution >= 4 is 23.4 Å². The third-order valence-electron chi connectivity index (χ3n) is 2.24. The van der Waals surface area contributed by atoms with Crippen molar-refractivity contribution in [1.82, 2.24) is 5.43 Å². The summed E-state index contributed by atoms with van der Waals surface area (Å²) in [6.45, 7) is 1.97. The van der Waals surface area contributed by atoms with Gasteiger partial charge in [0.15, 0.2) is 0 Å². The lowest BCUT2D eigenvalue weighted by Crippen LogP contribution is -2.37. The molecule has 1 aromatic rings. The zero-order valence-corrected chi connectivity index (χ0v) is 10.4. The number of halogens is 1. The summed E-state index contributed by atoms with van der Waals surface area (Å²) in [6, 6.07) is 4.50. The van der Waals surface area contributed by atoms with Crippen molar-refractivity contribution in [3.05, 3.63) is 24.0 Å². The van der Waals surface area contributed by atoms with Crippen LogP contribution < -0.4 is 17.0 Å². The molecule has 0 aliphatic heterocycles. The van der Waals surface area contributed by atoms with E-state index < -0.39 is 5.82 Å². The Morgan fingerprint density at radius 2 is 2.29 bits per heavy atom. The van der Waals surface area contributed by atoms with Crippen LogP contribution in [0.15, 0.2) is 23.1 Å². The molecule has 1 rings (SSSR count). The zero-order chi connectivity index (χ0) is 12.8. The minimum atomic E-state index is -0.474. The summed E-state index contributed by atoms with van der Waals surface area (Å²) >= 11 is 1.28. The zero-order valence-electron chi connectivity index (χ0n) is 9.57. The van der Waals surface area contributed by atoms with Gasteiger partial charge in [-0.2, -0.15) is 0 Å². The molecule has 4 nitrogen and oxygen atoms in total. The molecule has 6 heteroatoms. The number of rotatable bonds is 5. The van der Waals surface area contributed by atoms with Gasteiger partial charge in [0.1, 0.15) is 5.82 Å². The van der Waals surface area contributed by atoms with Crippen LogP contribution >= 0.6 is 11.8 Å². The number of carbonyl (C=O) groups excluding carboxylic acids is 1. The van der Waals surface area contributed by atoms with Crippen LogP contribution in [0.25, 0.3) is 0 Å². The van der Waals surface area contributed by atoms with Gasteiger partial charge in [-0.25, -0.2) is 10.2 Å². The molecule has 1 aromatic carbocycles. The standard InChI is InChI=1S/C11H16FN3OS/c1-2-3-10(11(16)15-14)17-7-4-5-9(13)8(12)6-7/h4-6,10H,2-3,13-14H2,1H3,(H,15,16). The van der Waals surface area contributed by atoms with Gasteiger partial charge in [-0.1, -0.05) is 13.3 Å². The number of thioether (sulfide) groups is 1. The van der Waals surface area contributed by atoms with Crippen LogP contribution in [-0.2, 0) is 4.79 Å². The Hall–Kier alpha value is -1.27. The van der Waals surface area contributed by atoms with E-state index in [9.17, 15) is 9.18 Å². The van der Waals surface area contributed by atoms with E-state index in [2.05, 4.69) is 5.43 Å². The van der Waals surface area contributed by atoms with E-state index in [-0.39, 0.29) is 16.8 Å². The number of hydrazine groups is 1. The highest BCUT2D eigenvalue weighted by Crippen LogP contribution is 2.28. The number of anilines is 1. The number of carbonyl (C=O) groups is 1. The van der Waals surface area contributed by atoms with E-state index in [0.717, 1.165) is 6.42 Å². The SMILES string of the molecule is CCCC(Sc1ccc(N)c(F)c1)C(=O)NN. The average molecular weight is 257 g/mol. The van der Waals surface area contributed by atoms with Crippen LogP contribution in [0.5, 0.6) is 0 Å². The van der Waals surface area contributed by atoms with Crippen molar-refractivity contribution in [2.24, 2.45) is 5.84 Å². The quantitative estimate of drug-likeness (QED) is 0.246. The smallest absolute Gasteiger partial charge is 0.247 e. The number of hydrogen-bond donors (Lipinski definition) is 3. The fourth-order valence-electron chi connectivity index (χ4n) is 1.34. The second-order valence-corrected chi connectivity index (χ2v) is 4.86. The lowest BCUT2D eigenvalue weighted by molar-refractivity contribution is -0.120. The van der Waals surface area contributed by atoms with Crippen molar-refractivity contribution in [3.63, 3.8) is 0 Å². The van der Waals surface area contributed by atoms with Crippen molar-refractivity contribution in [3.8, 4) is 0 Å². The van der Waals surface area contributed by atoms with Gasteiger partial charge in [0.2, 0.25) is 5.91 Å². The van der Waals surface area contributed by atoms with Crippen molar-refractivity contribution < 1.29 is 9.18 Å². The lowest BCUT2D eigenvalue weighted by Gasteiger charge is -2.14. The normalized spacial score (nSPS) is 12.2. The summed E-state index contributed by atoms with van der Waals surface area (Å²) in [5.74, 6) is 4.37. The van der Waals surface area contributed by atoms with Crippen LogP contribution in [0.3, 0.4) is 0 Å². The Balaban J connectivity index is 2.78. The third-order valence-corrected chi connectivity index (χ3v) is 3.50. The monoisotopic (exact) mass is 257 g/mol. The third kappa shape index (κ3) is 3.90. The van der Waals surface area contributed by atoms with E-state index in [1.807, 2.05) is 6.92 Å². The highest BCUT2D eigenvalue weighted by atomic mass is 32.2. The summed E-state index contributed by atoms with van der Waals surface area (Å²) < 4.78 is 13.2. The predicted molar refractivity (Wildman–Crippen MR) is 67.7 cm³/mol. The van der Waals surface area contributed by atoms with Crippen LogP contribution in [0.2, 0.25) is 0 Å². The van der Waals surface area contributed by atoms with Crippen LogP contribution in [-0.4, -0.2) is 11.2 Å². The number of nitrogens with one attached hydrogen (secondary N) is 1. The Labute approximate surface area is 104 Å². The first-order valence-corrected chi connectivity index (χ1v) is 6.18. The van der Waals surface area contributed by atoms with Gasteiger partial charge in [0, 0.05) is 4.90 Å². The first-order valence-electron chi connectivity index (χ1n) is 5.30. The van der Waals surface area contributed by atoms with Gasteiger partial charge in [-0.3, -0.25) is 10.2 Å². The van der Waals surface area contributed by atoms with Gasteiger partial charge in [-0.15, -0.1) is 11.8 Å². The second-order valence-electron chi connectivity index (χ2n) is 3.59. The van der Waals surface area contributed by atoms with Crippen molar-refractivity contribution in [1.29, 1.82) is 0 Å². The largest absolute Gasteiger partial charge is 0.396 e. The van der Waals surface area contributed by atoms with Crippen LogP contribution in [0.4, 0.5) is 10.1 Å². The molecule has 0 aliphatic rings. The molecular formula is C11H16FN3OS. The minimum absolute atomic E-state index is 0.102. The fraction of sp³-hybridized carbons (Fsp3) is 0.364. The Morgan fingerprint density at radius 1 is 1.59 bits per heavy atom. The average Bonchev–Trinajstić information content (AvgIpc) is 2.32. The Bertz CT molecular complexity index is 400. The molecule has 0 aromatic heterocycles. The van der Waals surface area contributed by atoms with Crippen LogP contribution in [0, 0.1) is 5.82 Å². The van der Waals surface area contributed by atoms with Crippen molar-refractivity contribution in [2.75, 3.05) is 5.73 Å². The summed E-state index contributed by atoms with van der Waals surface area (Å²) in [5, 5.41) is -0.312. The van der Waals surface area contributed by atoms with E-state index in [1.165, 1.54) is 23.9 Å². The van der Waals surface area contributed by atoms with Crippen LogP contribution in [0.1, 0.15) is 19.8 Å².